The Kier molecular flexibility index (Phi) is 4.32. The Hall–Kier alpha value is -1.68. The minimum absolute atomic E-state index is 0.297. The minimum atomic E-state index is -0.430. The number of esters is 1. The van der Waals surface area contributed by atoms with Crippen LogP contribution in [0, 0.1) is 5.82 Å². The van der Waals surface area contributed by atoms with Gasteiger partial charge in [-0.1, -0.05) is 46.3 Å². The van der Waals surface area contributed by atoms with Gasteiger partial charge in [0.2, 0.25) is 0 Å². The molecule has 98 valence electrons. The van der Waals surface area contributed by atoms with Gasteiger partial charge in [0.05, 0.1) is 12.7 Å². The Bertz CT molecular complexity index is 611. The quantitative estimate of drug-likeness (QED) is 0.626. The fraction of sp³-hybridized carbons (Fsp3) is 0.133. The van der Waals surface area contributed by atoms with Gasteiger partial charge in [-0.25, -0.2) is 9.18 Å². The molecule has 2 aromatic carbocycles. The first-order chi connectivity index (χ1) is 9.17. The summed E-state index contributed by atoms with van der Waals surface area (Å²) in [5, 5.41) is 0.456. The van der Waals surface area contributed by atoms with Crippen LogP contribution in [0.5, 0.6) is 0 Å². The van der Waals surface area contributed by atoms with Crippen LogP contribution in [-0.4, -0.2) is 13.1 Å². The van der Waals surface area contributed by atoms with E-state index in [2.05, 4.69) is 15.9 Å². The molecule has 0 aliphatic carbocycles. The molecular formula is C15H12BrFO2. The summed E-state index contributed by atoms with van der Waals surface area (Å²) in [5.41, 5.74) is 2.33. The molecule has 0 radical (unpaired) electrons. The number of halogens is 2. The number of hydrogen-bond acceptors (Lipinski definition) is 2. The third kappa shape index (κ3) is 2.84. The van der Waals surface area contributed by atoms with Crippen LogP contribution in [0.2, 0.25) is 0 Å². The van der Waals surface area contributed by atoms with Gasteiger partial charge in [0.25, 0.3) is 0 Å². The number of methoxy groups -OCH3 is 1. The van der Waals surface area contributed by atoms with Gasteiger partial charge in [0.15, 0.2) is 0 Å². The lowest BCUT2D eigenvalue weighted by molar-refractivity contribution is 0.0601. The molecule has 0 bridgehead atoms. The van der Waals surface area contributed by atoms with Gasteiger partial charge in [-0.2, -0.15) is 0 Å². The summed E-state index contributed by atoms with van der Waals surface area (Å²) in [5.74, 6) is -0.727. The van der Waals surface area contributed by atoms with E-state index in [9.17, 15) is 9.18 Å². The van der Waals surface area contributed by atoms with Crippen molar-refractivity contribution in [2.45, 2.75) is 5.33 Å². The first kappa shape index (κ1) is 13.7. The van der Waals surface area contributed by atoms with Crippen molar-refractivity contribution < 1.29 is 13.9 Å². The van der Waals surface area contributed by atoms with Crippen molar-refractivity contribution in [1.82, 2.24) is 0 Å². The monoisotopic (exact) mass is 322 g/mol. The maximum Gasteiger partial charge on any atom is 0.338 e. The topological polar surface area (TPSA) is 26.3 Å². The Labute approximate surface area is 119 Å². The van der Waals surface area contributed by atoms with Crippen LogP contribution >= 0.6 is 15.9 Å². The highest BCUT2D eigenvalue weighted by Crippen LogP contribution is 2.26. The first-order valence-electron chi connectivity index (χ1n) is 5.69. The third-order valence-corrected chi connectivity index (χ3v) is 3.44. The molecule has 4 heteroatoms. The lowest BCUT2D eigenvalue weighted by Crippen LogP contribution is -2.03. The molecule has 0 amide bonds. The summed E-state index contributed by atoms with van der Waals surface area (Å²) < 4.78 is 18.5. The smallest absolute Gasteiger partial charge is 0.338 e. The molecule has 0 aliphatic rings. The lowest BCUT2D eigenvalue weighted by Gasteiger charge is -2.09. The highest BCUT2D eigenvalue weighted by atomic mass is 79.9. The van der Waals surface area contributed by atoms with Crippen LogP contribution in [0.25, 0.3) is 11.1 Å². The van der Waals surface area contributed by atoms with Crippen molar-refractivity contribution in [3.05, 3.63) is 59.4 Å². The molecule has 0 spiro atoms. The fourth-order valence-electron chi connectivity index (χ4n) is 1.85. The number of alkyl halides is 1. The van der Waals surface area contributed by atoms with Crippen molar-refractivity contribution >= 4 is 21.9 Å². The number of carbonyl (C=O) groups is 1. The Morgan fingerprint density at radius 2 is 2.00 bits per heavy atom. The highest BCUT2D eigenvalue weighted by Gasteiger charge is 2.13. The predicted octanol–water partition coefficient (Wildman–Crippen LogP) is 4.17. The molecule has 0 aliphatic heterocycles. The van der Waals surface area contributed by atoms with Crippen LogP contribution in [-0.2, 0) is 10.1 Å². The molecule has 0 saturated heterocycles. The average Bonchev–Trinajstić information content (AvgIpc) is 2.46. The van der Waals surface area contributed by atoms with Gasteiger partial charge in [0, 0.05) is 5.33 Å². The normalized spacial score (nSPS) is 10.3. The zero-order valence-corrected chi connectivity index (χ0v) is 11.9. The van der Waals surface area contributed by atoms with Crippen molar-refractivity contribution in [3.63, 3.8) is 0 Å². The molecule has 0 saturated carbocycles. The number of carbonyl (C=O) groups excluding carboxylic acids is 1. The Morgan fingerprint density at radius 1 is 1.26 bits per heavy atom. The molecule has 2 rings (SSSR count). The van der Waals surface area contributed by atoms with Crippen molar-refractivity contribution in [2.75, 3.05) is 7.11 Å². The van der Waals surface area contributed by atoms with E-state index in [0.717, 1.165) is 0 Å². The molecule has 0 unspecified atom stereocenters. The van der Waals surface area contributed by atoms with E-state index in [1.54, 1.807) is 36.4 Å². The Balaban J connectivity index is 2.53. The van der Waals surface area contributed by atoms with E-state index in [4.69, 9.17) is 4.74 Å². The van der Waals surface area contributed by atoms with Crippen LogP contribution in [0.1, 0.15) is 15.9 Å². The van der Waals surface area contributed by atoms with Gasteiger partial charge in [-0.05, 0) is 28.8 Å². The standard InChI is InChI=1S/C15H12BrFO2/c1-19-15(18)13-5-3-2-4-12(13)10-6-7-11(9-16)14(17)8-10/h2-8H,9H2,1H3. The van der Waals surface area contributed by atoms with Gasteiger partial charge in [-0.15, -0.1) is 0 Å². The highest BCUT2D eigenvalue weighted by molar-refractivity contribution is 9.08. The fourth-order valence-corrected chi connectivity index (χ4v) is 2.30. The van der Waals surface area contributed by atoms with Crippen LogP contribution in [0.4, 0.5) is 4.39 Å². The Morgan fingerprint density at radius 3 is 2.63 bits per heavy atom. The van der Waals surface area contributed by atoms with Gasteiger partial charge in [0.1, 0.15) is 5.82 Å². The van der Waals surface area contributed by atoms with E-state index in [0.29, 0.717) is 27.6 Å². The molecule has 0 aromatic heterocycles. The lowest BCUT2D eigenvalue weighted by atomic mass is 9.98. The third-order valence-electron chi connectivity index (χ3n) is 2.84. The van der Waals surface area contributed by atoms with Crippen molar-refractivity contribution in [1.29, 1.82) is 0 Å². The van der Waals surface area contributed by atoms with E-state index in [-0.39, 0.29) is 5.82 Å². The zero-order chi connectivity index (χ0) is 13.8. The zero-order valence-electron chi connectivity index (χ0n) is 10.3. The summed E-state index contributed by atoms with van der Waals surface area (Å²) >= 11 is 3.22. The summed E-state index contributed by atoms with van der Waals surface area (Å²) in [7, 11) is 1.33. The second-order valence-electron chi connectivity index (χ2n) is 3.98. The minimum Gasteiger partial charge on any atom is -0.465 e. The molecule has 0 atom stereocenters. The number of rotatable bonds is 3. The maximum atomic E-state index is 13.8. The van der Waals surface area contributed by atoms with Gasteiger partial charge in [-0.3, -0.25) is 0 Å². The number of hydrogen-bond donors (Lipinski definition) is 0. The van der Waals surface area contributed by atoms with Gasteiger partial charge < -0.3 is 4.74 Å². The molecule has 0 fully saturated rings. The first-order valence-corrected chi connectivity index (χ1v) is 6.81. The summed E-state index contributed by atoms with van der Waals surface area (Å²) in [4.78, 5) is 11.7. The van der Waals surface area contributed by atoms with Crippen LogP contribution in [0.3, 0.4) is 0 Å². The number of benzene rings is 2. The molecular weight excluding hydrogens is 311 g/mol. The second kappa shape index (κ2) is 5.97. The maximum absolute atomic E-state index is 13.8. The predicted molar refractivity (Wildman–Crippen MR) is 75.8 cm³/mol. The SMILES string of the molecule is COC(=O)c1ccccc1-c1ccc(CBr)c(F)c1. The van der Waals surface area contributed by atoms with E-state index < -0.39 is 5.97 Å². The molecule has 0 heterocycles. The van der Waals surface area contributed by atoms with Gasteiger partial charge >= 0.3 is 5.97 Å². The van der Waals surface area contributed by atoms with E-state index in [1.165, 1.54) is 13.2 Å². The van der Waals surface area contributed by atoms with Crippen LogP contribution in [0.15, 0.2) is 42.5 Å². The van der Waals surface area contributed by atoms with E-state index >= 15 is 0 Å². The summed E-state index contributed by atoms with van der Waals surface area (Å²) in [6.45, 7) is 0. The molecule has 19 heavy (non-hydrogen) atoms. The summed E-state index contributed by atoms with van der Waals surface area (Å²) in [6, 6.07) is 11.9. The summed E-state index contributed by atoms with van der Waals surface area (Å²) in [6.07, 6.45) is 0. The van der Waals surface area contributed by atoms with Crippen LogP contribution < -0.4 is 0 Å². The number of ether oxygens (including phenoxy) is 1. The van der Waals surface area contributed by atoms with E-state index in [1.807, 2.05) is 0 Å². The molecule has 2 nitrogen and oxygen atoms in total. The largest absolute Gasteiger partial charge is 0.465 e. The average molecular weight is 323 g/mol. The molecule has 0 N–H and O–H groups in total. The molecule has 2 aromatic rings. The second-order valence-corrected chi connectivity index (χ2v) is 4.54. The van der Waals surface area contributed by atoms with Crippen molar-refractivity contribution in [2.24, 2.45) is 0 Å². The van der Waals surface area contributed by atoms with Crippen molar-refractivity contribution in [3.8, 4) is 11.1 Å².